The van der Waals surface area contributed by atoms with Crippen molar-refractivity contribution in [1.82, 2.24) is 0 Å². The van der Waals surface area contributed by atoms with Gasteiger partial charge in [-0.15, -0.1) is 0 Å². The van der Waals surface area contributed by atoms with Crippen LogP contribution < -0.4 is 5.32 Å². The fraction of sp³-hybridized carbons (Fsp3) is 0.417. The lowest BCUT2D eigenvalue weighted by Crippen LogP contribution is -2.15. The zero-order chi connectivity index (χ0) is 10.7. The predicted molar refractivity (Wildman–Crippen MR) is 57.7 cm³/mol. The van der Waals surface area contributed by atoms with E-state index in [1.165, 1.54) is 12.8 Å². The minimum Gasteiger partial charge on any atom is -0.449 e. The molecule has 1 aromatic carbocycles. The standard InChI is InChI=1S/C12H14NO2/c1-9-3-2-4-11(7-9)13-12(14)15-8-10-5-6-10/h3-4,7,10H,5-6,8H2,1H3,(H,13,14). The topological polar surface area (TPSA) is 38.3 Å². The highest BCUT2D eigenvalue weighted by Crippen LogP contribution is 2.28. The number of hydrogen-bond acceptors (Lipinski definition) is 2. The summed E-state index contributed by atoms with van der Waals surface area (Å²) in [5, 5.41) is 2.67. The van der Waals surface area contributed by atoms with Gasteiger partial charge in [0, 0.05) is 5.69 Å². The van der Waals surface area contributed by atoms with Crippen LogP contribution in [0.1, 0.15) is 18.4 Å². The van der Waals surface area contributed by atoms with Crippen molar-refractivity contribution in [3.8, 4) is 0 Å². The Balaban J connectivity index is 1.81. The Kier molecular flexibility index (Phi) is 2.90. The van der Waals surface area contributed by atoms with Crippen LogP contribution in [-0.4, -0.2) is 12.7 Å². The van der Waals surface area contributed by atoms with Crippen LogP contribution in [0.4, 0.5) is 10.5 Å². The van der Waals surface area contributed by atoms with Crippen LogP contribution in [0.5, 0.6) is 0 Å². The van der Waals surface area contributed by atoms with Crippen molar-refractivity contribution < 1.29 is 9.53 Å². The summed E-state index contributed by atoms with van der Waals surface area (Å²) >= 11 is 0. The molecule has 3 nitrogen and oxygen atoms in total. The lowest BCUT2D eigenvalue weighted by molar-refractivity contribution is 0.156. The Morgan fingerprint density at radius 2 is 2.40 bits per heavy atom. The van der Waals surface area contributed by atoms with E-state index in [0.717, 1.165) is 11.3 Å². The molecule has 1 N–H and O–H groups in total. The Bertz CT molecular complexity index is 358. The Morgan fingerprint density at radius 1 is 1.60 bits per heavy atom. The zero-order valence-corrected chi connectivity index (χ0v) is 8.75. The third kappa shape index (κ3) is 3.27. The van der Waals surface area contributed by atoms with E-state index in [0.29, 0.717) is 12.5 Å². The number of hydrogen-bond donors (Lipinski definition) is 1. The molecule has 1 aliphatic carbocycles. The number of rotatable bonds is 3. The van der Waals surface area contributed by atoms with Crippen LogP contribution in [0.15, 0.2) is 18.2 Å². The van der Waals surface area contributed by atoms with Gasteiger partial charge < -0.3 is 4.74 Å². The molecule has 0 bridgehead atoms. The van der Waals surface area contributed by atoms with E-state index in [2.05, 4.69) is 11.4 Å². The molecule has 1 amide bonds. The van der Waals surface area contributed by atoms with Gasteiger partial charge in [-0.05, 0) is 49.4 Å². The lowest BCUT2D eigenvalue weighted by atomic mass is 10.2. The molecule has 1 radical (unpaired) electrons. The summed E-state index contributed by atoms with van der Waals surface area (Å²) in [4.78, 5) is 11.3. The van der Waals surface area contributed by atoms with Crippen molar-refractivity contribution in [1.29, 1.82) is 0 Å². The zero-order valence-electron chi connectivity index (χ0n) is 8.75. The molecule has 1 aromatic rings. The SMILES string of the molecule is Cc1c[c]cc(NC(=O)OCC2CC2)c1. The summed E-state index contributed by atoms with van der Waals surface area (Å²) < 4.78 is 5.05. The van der Waals surface area contributed by atoms with Gasteiger partial charge in [-0.1, -0.05) is 6.07 Å². The van der Waals surface area contributed by atoms with E-state index < -0.39 is 0 Å². The molecule has 15 heavy (non-hydrogen) atoms. The maximum Gasteiger partial charge on any atom is 0.411 e. The molecule has 0 heterocycles. The van der Waals surface area contributed by atoms with Gasteiger partial charge >= 0.3 is 6.09 Å². The number of benzene rings is 1. The van der Waals surface area contributed by atoms with E-state index in [-0.39, 0.29) is 6.09 Å². The first-order valence-electron chi connectivity index (χ1n) is 5.15. The Labute approximate surface area is 89.4 Å². The van der Waals surface area contributed by atoms with Gasteiger partial charge in [0.15, 0.2) is 0 Å². The average molecular weight is 204 g/mol. The second kappa shape index (κ2) is 4.34. The molecule has 79 valence electrons. The average Bonchev–Trinajstić information content (AvgIpc) is 2.98. The third-order valence-corrected chi connectivity index (χ3v) is 2.33. The number of carbonyl (C=O) groups excluding carboxylic acids is 1. The minimum absolute atomic E-state index is 0.374. The van der Waals surface area contributed by atoms with Crippen molar-refractivity contribution in [2.24, 2.45) is 5.92 Å². The van der Waals surface area contributed by atoms with Crippen molar-refractivity contribution in [3.05, 3.63) is 29.8 Å². The largest absolute Gasteiger partial charge is 0.449 e. The molecule has 3 heteroatoms. The maximum atomic E-state index is 11.3. The van der Waals surface area contributed by atoms with E-state index in [1.807, 2.05) is 19.1 Å². The number of anilines is 1. The van der Waals surface area contributed by atoms with E-state index in [4.69, 9.17) is 4.74 Å². The molecule has 1 saturated carbocycles. The Morgan fingerprint density at radius 3 is 3.07 bits per heavy atom. The van der Waals surface area contributed by atoms with Crippen molar-refractivity contribution >= 4 is 11.8 Å². The number of nitrogens with one attached hydrogen (secondary N) is 1. The first-order valence-corrected chi connectivity index (χ1v) is 5.15. The van der Waals surface area contributed by atoms with Gasteiger partial charge in [0.05, 0.1) is 6.61 Å². The van der Waals surface area contributed by atoms with Crippen molar-refractivity contribution in [3.63, 3.8) is 0 Å². The molecule has 1 fully saturated rings. The second-order valence-corrected chi connectivity index (χ2v) is 3.97. The molecule has 0 aromatic heterocycles. The highest BCUT2D eigenvalue weighted by atomic mass is 16.5. The van der Waals surface area contributed by atoms with Gasteiger partial charge in [-0.25, -0.2) is 4.79 Å². The van der Waals surface area contributed by atoms with E-state index in [9.17, 15) is 4.79 Å². The van der Waals surface area contributed by atoms with Gasteiger partial charge in [-0.3, -0.25) is 5.32 Å². The van der Waals surface area contributed by atoms with Crippen LogP contribution in [0.2, 0.25) is 0 Å². The highest BCUT2D eigenvalue weighted by Gasteiger charge is 2.22. The van der Waals surface area contributed by atoms with Crippen LogP contribution in [0.25, 0.3) is 0 Å². The molecule has 0 aliphatic heterocycles. The van der Waals surface area contributed by atoms with Gasteiger partial charge in [0.25, 0.3) is 0 Å². The summed E-state index contributed by atoms with van der Waals surface area (Å²) in [6, 6.07) is 8.41. The minimum atomic E-state index is -0.374. The van der Waals surface area contributed by atoms with E-state index >= 15 is 0 Å². The van der Waals surface area contributed by atoms with Gasteiger partial charge in [0.2, 0.25) is 0 Å². The highest BCUT2D eigenvalue weighted by molar-refractivity contribution is 5.84. The smallest absolute Gasteiger partial charge is 0.411 e. The van der Waals surface area contributed by atoms with Crippen molar-refractivity contribution in [2.75, 3.05) is 11.9 Å². The van der Waals surface area contributed by atoms with Crippen LogP contribution >= 0.6 is 0 Å². The summed E-state index contributed by atoms with van der Waals surface area (Å²) in [5.41, 5.74) is 1.80. The molecular weight excluding hydrogens is 190 g/mol. The van der Waals surface area contributed by atoms with E-state index in [1.54, 1.807) is 6.07 Å². The van der Waals surface area contributed by atoms with Crippen molar-refractivity contribution in [2.45, 2.75) is 19.8 Å². The number of aryl methyl sites for hydroxylation is 1. The van der Waals surface area contributed by atoms with Crippen LogP contribution in [0.3, 0.4) is 0 Å². The monoisotopic (exact) mass is 204 g/mol. The fourth-order valence-electron chi connectivity index (χ4n) is 1.30. The summed E-state index contributed by atoms with van der Waals surface area (Å²) in [6.07, 6.45) is 2.00. The number of amides is 1. The molecule has 1 aliphatic rings. The maximum absolute atomic E-state index is 11.3. The first kappa shape index (κ1) is 10.0. The number of ether oxygens (including phenoxy) is 1. The lowest BCUT2D eigenvalue weighted by Gasteiger charge is -2.06. The Hall–Kier alpha value is -1.51. The molecule has 0 unspecified atom stereocenters. The molecular formula is C12H14NO2. The van der Waals surface area contributed by atoms with Crippen LogP contribution in [-0.2, 0) is 4.74 Å². The summed E-state index contributed by atoms with van der Waals surface area (Å²) in [7, 11) is 0. The molecule has 0 spiro atoms. The fourth-order valence-corrected chi connectivity index (χ4v) is 1.30. The molecule has 0 atom stereocenters. The third-order valence-electron chi connectivity index (χ3n) is 2.33. The van der Waals surface area contributed by atoms with Crippen LogP contribution in [0, 0.1) is 18.9 Å². The molecule has 0 saturated heterocycles. The first-order chi connectivity index (χ1) is 7.24. The molecule has 2 rings (SSSR count). The number of carbonyl (C=O) groups is 1. The summed E-state index contributed by atoms with van der Waals surface area (Å²) in [6.45, 7) is 2.50. The normalized spacial score (nSPS) is 14.7. The van der Waals surface area contributed by atoms with Gasteiger partial charge in [-0.2, -0.15) is 0 Å². The van der Waals surface area contributed by atoms with Gasteiger partial charge in [0.1, 0.15) is 0 Å². The quantitative estimate of drug-likeness (QED) is 0.822. The second-order valence-electron chi connectivity index (χ2n) is 3.97. The summed E-state index contributed by atoms with van der Waals surface area (Å²) in [5.74, 6) is 0.597. The predicted octanol–water partition coefficient (Wildman–Crippen LogP) is 2.75.